The minimum Gasteiger partial charge on any atom is -0.497 e. The second kappa shape index (κ2) is 9.04. The maximum absolute atomic E-state index is 13.1. The summed E-state index contributed by atoms with van der Waals surface area (Å²) in [4.78, 5) is 27.9. The molecule has 0 bridgehead atoms. The summed E-state index contributed by atoms with van der Waals surface area (Å²) in [6.45, 7) is 2.57. The zero-order valence-corrected chi connectivity index (χ0v) is 17.8. The predicted molar refractivity (Wildman–Crippen MR) is 121 cm³/mol. The van der Waals surface area contributed by atoms with E-state index in [0.29, 0.717) is 12.1 Å². The summed E-state index contributed by atoms with van der Waals surface area (Å²) in [6.07, 6.45) is 1.07. The Hall–Kier alpha value is -3.60. The van der Waals surface area contributed by atoms with Crippen LogP contribution in [0.3, 0.4) is 0 Å². The molecule has 0 aliphatic carbocycles. The molecule has 4 rings (SSSR count). The maximum atomic E-state index is 13.1. The van der Waals surface area contributed by atoms with Crippen molar-refractivity contribution in [2.75, 3.05) is 12.4 Å². The van der Waals surface area contributed by atoms with Gasteiger partial charge in [-0.3, -0.25) is 9.59 Å². The molecule has 0 aromatic heterocycles. The molecule has 3 aromatic rings. The van der Waals surface area contributed by atoms with Gasteiger partial charge < -0.3 is 15.0 Å². The molecule has 0 fully saturated rings. The van der Waals surface area contributed by atoms with E-state index < -0.39 is 0 Å². The summed E-state index contributed by atoms with van der Waals surface area (Å²) in [5, 5.41) is 3.00. The summed E-state index contributed by atoms with van der Waals surface area (Å²) >= 11 is 0. The monoisotopic (exact) mass is 414 g/mol. The van der Waals surface area contributed by atoms with Gasteiger partial charge in [-0.05, 0) is 53.4 Å². The van der Waals surface area contributed by atoms with E-state index in [1.54, 1.807) is 12.0 Å². The van der Waals surface area contributed by atoms with E-state index in [0.717, 1.165) is 34.5 Å². The number of rotatable bonds is 7. The quantitative estimate of drug-likeness (QED) is 0.593. The first-order valence-electron chi connectivity index (χ1n) is 10.5. The standard InChI is InChI=1S/C26H26N2O3/c1-3-18-7-6-9-21(15-18)27-25(29)16-24(19-11-13-22(31-2)14-12-19)28-17-20-8-4-5-10-23(20)26(28)30/h4-15,24H,3,16-17H2,1-2H3,(H,27,29)/t24-/m0/s1. The molecule has 5 nitrogen and oxygen atoms in total. The highest BCUT2D eigenvalue weighted by Crippen LogP contribution is 2.34. The van der Waals surface area contributed by atoms with E-state index in [1.807, 2.05) is 72.8 Å². The van der Waals surface area contributed by atoms with Crippen LogP contribution >= 0.6 is 0 Å². The molecule has 1 N–H and O–H groups in total. The molecule has 0 spiro atoms. The number of benzene rings is 3. The summed E-state index contributed by atoms with van der Waals surface area (Å²) in [5.41, 5.74) is 4.53. The van der Waals surface area contributed by atoms with Gasteiger partial charge in [0.15, 0.2) is 0 Å². The lowest BCUT2D eigenvalue weighted by Crippen LogP contribution is -2.32. The fourth-order valence-corrected chi connectivity index (χ4v) is 4.02. The number of fused-ring (bicyclic) bond motifs is 1. The zero-order chi connectivity index (χ0) is 21.8. The van der Waals surface area contributed by atoms with Crippen molar-refractivity contribution in [2.24, 2.45) is 0 Å². The van der Waals surface area contributed by atoms with E-state index in [1.165, 1.54) is 0 Å². The maximum Gasteiger partial charge on any atom is 0.255 e. The van der Waals surface area contributed by atoms with Gasteiger partial charge in [0.25, 0.3) is 5.91 Å². The van der Waals surface area contributed by atoms with Crippen LogP contribution in [-0.4, -0.2) is 23.8 Å². The molecule has 0 saturated carbocycles. The normalized spacial score (nSPS) is 13.6. The number of aryl methyl sites for hydroxylation is 1. The number of anilines is 1. The van der Waals surface area contributed by atoms with Crippen LogP contribution in [0.1, 0.15) is 46.4 Å². The highest BCUT2D eigenvalue weighted by atomic mass is 16.5. The van der Waals surface area contributed by atoms with E-state index in [4.69, 9.17) is 4.74 Å². The molecule has 3 aromatic carbocycles. The molecule has 2 amide bonds. The Bertz CT molecular complexity index is 1090. The van der Waals surface area contributed by atoms with E-state index in [2.05, 4.69) is 12.2 Å². The number of carbonyl (C=O) groups is 2. The number of carbonyl (C=O) groups excluding carboxylic acids is 2. The lowest BCUT2D eigenvalue weighted by Gasteiger charge is -2.28. The molecule has 0 unspecified atom stereocenters. The van der Waals surface area contributed by atoms with Crippen LogP contribution in [0.25, 0.3) is 0 Å². The van der Waals surface area contributed by atoms with Crippen LogP contribution in [0, 0.1) is 0 Å². The minimum atomic E-state index is -0.375. The van der Waals surface area contributed by atoms with Crippen molar-refractivity contribution >= 4 is 17.5 Å². The number of amides is 2. The fraction of sp³-hybridized carbons (Fsp3) is 0.231. The second-order valence-electron chi connectivity index (χ2n) is 7.69. The number of nitrogens with zero attached hydrogens (tertiary/aromatic N) is 1. The highest BCUT2D eigenvalue weighted by Gasteiger charge is 2.34. The van der Waals surface area contributed by atoms with Crippen molar-refractivity contribution in [2.45, 2.75) is 32.4 Å². The van der Waals surface area contributed by atoms with Crippen molar-refractivity contribution < 1.29 is 14.3 Å². The topological polar surface area (TPSA) is 58.6 Å². The Morgan fingerprint density at radius 3 is 2.55 bits per heavy atom. The fourth-order valence-electron chi connectivity index (χ4n) is 4.02. The average molecular weight is 415 g/mol. The number of nitrogens with one attached hydrogen (secondary N) is 1. The van der Waals surface area contributed by atoms with Crippen molar-refractivity contribution in [1.29, 1.82) is 0 Å². The molecule has 1 aliphatic heterocycles. The molecular weight excluding hydrogens is 388 g/mol. The Morgan fingerprint density at radius 2 is 1.84 bits per heavy atom. The van der Waals surface area contributed by atoms with Gasteiger partial charge in [-0.2, -0.15) is 0 Å². The van der Waals surface area contributed by atoms with Gasteiger partial charge in [0.2, 0.25) is 5.91 Å². The zero-order valence-electron chi connectivity index (χ0n) is 17.8. The second-order valence-corrected chi connectivity index (χ2v) is 7.69. The first-order chi connectivity index (χ1) is 15.1. The third kappa shape index (κ3) is 4.45. The lowest BCUT2D eigenvalue weighted by atomic mass is 10.0. The van der Waals surface area contributed by atoms with Gasteiger partial charge in [0, 0.05) is 17.8 Å². The number of hydrogen-bond donors (Lipinski definition) is 1. The molecule has 1 atom stereocenters. The SMILES string of the molecule is CCc1cccc(NC(=O)C[C@@H](c2ccc(OC)cc2)N2Cc3ccccc3C2=O)c1. The molecule has 1 aliphatic rings. The summed E-state index contributed by atoms with van der Waals surface area (Å²) in [5.74, 6) is 0.564. The number of hydrogen-bond acceptors (Lipinski definition) is 3. The molecule has 158 valence electrons. The van der Waals surface area contributed by atoms with Crippen LogP contribution < -0.4 is 10.1 Å². The first-order valence-corrected chi connectivity index (χ1v) is 10.5. The van der Waals surface area contributed by atoms with Crippen molar-refractivity contribution in [1.82, 2.24) is 4.90 Å². The Balaban J connectivity index is 1.59. The molecule has 0 radical (unpaired) electrons. The van der Waals surface area contributed by atoms with Crippen LogP contribution in [0.5, 0.6) is 5.75 Å². The molecular formula is C26H26N2O3. The third-order valence-corrected chi connectivity index (χ3v) is 5.72. The van der Waals surface area contributed by atoms with Gasteiger partial charge in [-0.25, -0.2) is 0 Å². The van der Waals surface area contributed by atoms with Gasteiger partial charge in [-0.1, -0.05) is 49.4 Å². The Kier molecular flexibility index (Phi) is 6.03. The van der Waals surface area contributed by atoms with E-state index in [-0.39, 0.29) is 24.3 Å². The molecule has 31 heavy (non-hydrogen) atoms. The van der Waals surface area contributed by atoms with E-state index >= 15 is 0 Å². The van der Waals surface area contributed by atoms with E-state index in [9.17, 15) is 9.59 Å². The Labute approximate surface area is 182 Å². The summed E-state index contributed by atoms with van der Waals surface area (Å²) in [6, 6.07) is 22.7. The lowest BCUT2D eigenvalue weighted by molar-refractivity contribution is -0.117. The first kappa shape index (κ1) is 20.7. The largest absolute Gasteiger partial charge is 0.497 e. The smallest absolute Gasteiger partial charge is 0.255 e. The van der Waals surface area contributed by atoms with Crippen LogP contribution in [0.4, 0.5) is 5.69 Å². The van der Waals surface area contributed by atoms with Gasteiger partial charge >= 0.3 is 0 Å². The van der Waals surface area contributed by atoms with Gasteiger partial charge in [0.1, 0.15) is 5.75 Å². The molecule has 0 saturated heterocycles. The van der Waals surface area contributed by atoms with Crippen LogP contribution in [0.15, 0.2) is 72.8 Å². The number of ether oxygens (including phenoxy) is 1. The number of methoxy groups -OCH3 is 1. The van der Waals surface area contributed by atoms with Crippen LogP contribution in [-0.2, 0) is 17.8 Å². The summed E-state index contributed by atoms with van der Waals surface area (Å²) < 4.78 is 5.27. The van der Waals surface area contributed by atoms with Gasteiger partial charge in [0.05, 0.1) is 19.6 Å². The molecule has 1 heterocycles. The molecule has 5 heteroatoms. The van der Waals surface area contributed by atoms with Crippen molar-refractivity contribution in [3.05, 3.63) is 95.1 Å². The third-order valence-electron chi connectivity index (χ3n) is 5.72. The van der Waals surface area contributed by atoms with Crippen molar-refractivity contribution in [3.8, 4) is 5.75 Å². The van der Waals surface area contributed by atoms with Gasteiger partial charge in [-0.15, -0.1) is 0 Å². The summed E-state index contributed by atoms with van der Waals surface area (Å²) in [7, 11) is 1.62. The average Bonchev–Trinajstić information content (AvgIpc) is 3.14. The Morgan fingerprint density at radius 1 is 1.06 bits per heavy atom. The highest BCUT2D eigenvalue weighted by molar-refractivity contribution is 5.99. The van der Waals surface area contributed by atoms with Crippen LogP contribution in [0.2, 0.25) is 0 Å². The van der Waals surface area contributed by atoms with Crippen molar-refractivity contribution in [3.63, 3.8) is 0 Å². The predicted octanol–water partition coefficient (Wildman–Crippen LogP) is 4.98. The minimum absolute atomic E-state index is 0.0443.